The van der Waals surface area contributed by atoms with E-state index in [1.165, 1.54) is 13.1 Å². The van der Waals surface area contributed by atoms with Crippen molar-refractivity contribution in [3.63, 3.8) is 0 Å². The smallest absolute Gasteiger partial charge is 0.388 e. The Morgan fingerprint density at radius 1 is 1.29 bits per heavy atom. The Balaban J connectivity index is 2.37. The summed E-state index contributed by atoms with van der Waals surface area (Å²) in [4.78, 5) is 0. The molecule has 2 aromatic rings. The molecule has 0 aliphatic carbocycles. The van der Waals surface area contributed by atoms with E-state index in [-0.39, 0.29) is 17.3 Å². The van der Waals surface area contributed by atoms with Crippen LogP contribution >= 0.6 is 34.8 Å². The van der Waals surface area contributed by atoms with Gasteiger partial charge in [0.15, 0.2) is 0 Å². The first-order valence-electron chi connectivity index (χ1n) is 5.69. The second-order valence-corrected chi connectivity index (χ2v) is 5.38. The second kappa shape index (κ2) is 6.25. The molecule has 0 atom stereocenters. The number of anilines is 1. The van der Waals surface area contributed by atoms with Crippen LogP contribution in [0.1, 0.15) is 11.3 Å². The first kappa shape index (κ1) is 16.1. The number of nitrogens with zero attached hydrogens (tertiary/aromatic N) is 2. The molecular formula is C12H10Cl3F2N3O. The van der Waals surface area contributed by atoms with Gasteiger partial charge in [0.2, 0.25) is 5.88 Å². The number of benzene rings is 1. The lowest BCUT2D eigenvalue weighted by atomic mass is 10.1. The molecule has 0 spiro atoms. The molecule has 0 unspecified atom stereocenters. The highest BCUT2D eigenvalue weighted by atomic mass is 35.5. The summed E-state index contributed by atoms with van der Waals surface area (Å²) in [7, 11) is 1.45. The predicted octanol–water partition coefficient (Wildman–Crippen LogP) is 4.15. The summed E-state index contributed by atoms with van der Waals surface area (Å²) in [5, 5.41) is 4.64. The Kier molecular flexibility index (Phi) is 4.81. The van der Waals surface area contributed by atoms with E-state index >= 15 is 0 Å². The van der Waals surface area contributed by atoms with Gasteiger partial charge in [-0.25, -0.2) is 4.68 Å². The molecule has 1 heterocycles. The lowest BCUT2D eigenvalue weighted by molar-refractivity contribution is -0.0552. The minimum Gasteiger partial charge on any atom is -0.416 e. The van der Waals surface area contributed by atoms with E-state index in [2.05, 4.69) is 9.84 Å². The zero-order chi connectivity index (χ0) is 15.7. The summed E-state index contributed by atoms with van der Waals surface area (Å²) in [6.07, 6.45) is 0.183. The van der Waals surface area contributed by atoms with E-state index in [4.69, 9.17) is 40.5 Å². The predicted molar refractivity (Wildman–Crippen MR) is 78.5 cm³/mol. The summed E-state index contributed by atoms with van der Waals surface area (Å²) < 4.78 is 30.1. The zero-order valence-corrected chi connectivity index (χ0v) is 13.0. The van der Waals surface area contributed by atoms with Gasteiger partial charge < -0.3 is 10.5 Å². The van der Waals surface area contributed by atoms with Gasteiger partial charge in [-0.1, -0.05) is 34.8 Å². The molecule has 9 heteroatoms. The summed E-state index contributed by atoms with van der Waals surface area (Å²) in [5.74, 6) is -0.215. The van der Waals surface area contributed by atoms with Gasteiger partial charge in [-0.15, -0.1) is 0 Å². The number of hydrogen-bond donors (Lipinski definition) is 1. The normalized spacial score (nSPS) is 11.2. The minimum atomic E-state index is -2.99. The fourth-order valence-electron chi connectivity index (χ4n) is 1.84. The maximum Gasteiger partial charge on any atom is 0.388 e. The summed E-state index contributed by atoms with van der Waals surface area (Å²) >= 11 is 18.0. The van der Waals surface area contributed by atoms with Gasteiger partial charge in [0.25, 0.3) is 0 Å². The fourth-order valence-corrected chi connectivity index (χ4v) is 2.53. The van der Waals surface area contributed by atoms with Gasteiger partial charge in [0.05, 0.1) is 15.7 Å². The van der Waals surface area contributed by atoms with Crippen molar-refractivity contribution in [2.45, 2.75) is 13.0 Å². The van der Waals surface area contributed by atoms with Crippen LogP contribution in [0.15, 0.2) is 12.1 Å². The summed E-state index contributed by atoms with van der Waals surface area (Å²) in [6, 6.07) is 3.13. The van der Waals surface area contributed by atoms with Crippen molar-refractivity contribution >= 4 is 40.5 Å². The highest BCUT2D eigenvalue weighted by molar-refractivity contribution is 6.42. The third kappa shape index (κ3) is 3.51. The van der Waals surface area contributed by atoms with Gasteiger partial charge in [-0.05, 0) is 17.7 Å². The van der Waals surface area contributed by atoms with Crippen molar-refractivity contribution in [2.24, 2.45) is 7.05 Å². The van der Waals surface area contributed by atoms with Crippen LogP contribution in [0.2, 0.25) is 15.1 Å². The minimum absolute atomic E-state index is 0.00702. The number of halogens is 5. The summed E-state index contributed by atoms with van der Waals surface area (Å²) in [6.45, 7) is -2.99. The third-order valence-electron chi connectivity index (χ3n) is 2.69. The van der Waals surface area contributed by atoms with Crippen molar-refractivity contribution < 1.29 is 13.5 Å². The molecule has 0 saturated heterocycles. The van der Waals surface area contributed by atoms with E-state index in [1.54, 1.807) is 6.07 Å². The molecule has 2 N–H and O–H groups in total. The standard InChI is InChI=1S/C12H10Cl3F2N3O/c1-20-11(21-12(16)17)10(15)8(19-20)3-5-2-6(18)4-7(13)9(5)14/h2,4,12H,3,18H2,1H3. The number of hydrogen-bond acceptors (Lipinski definition) is 3. The maximum atomic E-state index is 12.3. The molecular weight excluding hydrogens is 347 g/mol. The number of aryl methyl sites for hydroxylation is 1. The summed E-state index contributed by atoms with van der Waals surface area (Å²) in [5.41, 5.74) is 7.04. The van der Waals surface area contributed by atoms with Crippen LogP contribution in [0.5, 0.6) is 5.88 Å². The van der Waals surface area contributed by atoms with Crippen molar-refractivity contribution in [1.29, 1.82) is 0 Å². The maximum absolute atomic E-state index is 12.3. The molecule has 0 aliphatic rings. The molecule has 21 heavy (non-hydrogen) atoms. The molecule has 1 aromatic heterocycles. The molecule has 4 nitrogen and oxygen atoms in total. The van der Waals surface area contributed by atoms with Gasteiger partial charge >= 0.3 is 6.61 Å². The molecule has 0 amide bonds. The van der Waals surface area contributed by atoms with Crippen LogP contribution in [0.25, 0.3) is 0 Å². The Bertz CT molecular complexity index is 676. The fraction of sp³-hybridized carbons (Fsp3) is 0.250. The second-order valence-electron chi connectivity index (χ2n) is 4.22. The Morgan fingerprint density at radius 2 is 1.95 bits per heavy atom. The van der Waals surface area contributed by atoms with Crippen LogP contribution in [-0.2, 0) is 13.5 Å². The van der Waals surface area contributed by atoms with Crippen LogP contribution in [0, 0.1) is 0 Å². The number of ether oxygens (including phenoxy) is 1. The number of aromatic nitrogens is 2. The average Bonchev–Trinajstić information content (AvgIpc) is 2.63. The van der Waals surface area contributed by atoms with Gasteiger partial charge in [-0.2, -0.15) is 13.9 Å². The molecule has 114 valence electrons. The van der Waals surface area contributed by atoms with Crippen molar-refractivity contribution in [2.75, 3.05) is 5.73 Å². The van der Waals surface area contributed by atoms with E-state index in [9.17, 15) is 8.78 Å². The number of alkyl halides is 2. The highest BCUT2D eigenvalue weighted by Gasteiger charge is 2.20. The van der Waals surface area contributed by atoms with E-state index < -0.39 is 6.61 Å². The van der Waals surface area contributed by atoms with Crippen LogP contribution < -0.4 is 10.5 Å². The highest BCUT2D eigenvalue weighted by Crippen LogP contribution is 2.34. The largest absolute Gasteiger partial charge is 0.416 e. The number of rotatable bonds is 4. The topological polar surface area (TPSA) is 53.1 Å². The Hall–Kier alpha value is -1.24. The van der Waals surface area contributed by atoms with Gasteiger partial charge in [-0.3, -0.25) is 0 Å². The monoisotopic (exact) mass is 355 g/mol. The van der Waals surface area contributed by atoms with Crippen LogP contribution in [0.4, 0.5) is 14.5 Å². The molecule has 0 fully saturated rings. The Morgan fingerprint density at radius 3 is 2.57 bits per heavy atom. The molecule has 0 saturated carbocycles. The first-order chi connectivity index (χ1) is 9.79. The van der Waals surface area contributed by atoms with Crippen LogP contribution in [0.3, 0.4) is 0 Å². The van der Waals surface area contributed by atoms with E-state index in [0.717, 1.165) is 4.68 Å². The van der Waals surface area contributed by atoms with Gasteiger partial charge in [0, 0.05) is 19.2 Å². The molecule has 0 bridgehead atoms. The van der Waals surface area contributed by atoms with Crippen molar-refractivity contribution in [1.82, 2.24) is 9.78 Å². The molecule has 0 radical (unpaired) electrons. The van der Waals surface area contributed by atoms with Crippen molar-refractivity contribution in [3.8, 4) is 5.88 Å². The number of nitrogens with two attached hydrogens (primary N) is 1. The number of nitrogen functional groups attached to an aromatic ring is 1. The van der Waals surface area contributed by atoms with Gasteiger partial charge in [0.1, 0.15) is 5.02 Å². The van der Waals surface area contributed by atoms with Crippen molar-refractivity contribution in [3.05, 3.63) is 38.5 Å². The lowest BCUT2D eigenvalue weighted by Gasteiger charge is -2.06. The SMILES string of the molecule is Cn1nc(Cc2cc(N)cc(Cl)c2Cl)c(Cl)c1OC(F)F. The average molecular weight is 357 g/mol. The lowest BCUT2D eigenvalue weighted by Crippen LogP contribution is -2.06. The Labute approximate surface area is 134 Å². The molecule has 0 aliphatic heterocycles. The quantitative estimate of drug-likeness (QED) is 0.837. The van der Waals surface area contributed by atoms with Crippen LogP contribution in [-0.4, -0.2) is 16.4 Å². The zero-order valence-electron chi connectivity index (χ0n) is 10.7. The van der Waals surface area contributed by atoms with E-state index in [1.807, 2.05) is 0 Å². The molecule has 2 rings (SSSR count). The van der Waals surface area contributed by atoms with E-state index in [0.29, 0.717) is 27.0 Å². The first-order valence-corrected chi connectivity index (χ1v) is 6.82. The third-order valence-corrected chi connectivity index (χ3v) is 3.91. The molecule has 1 aromatic carbocycles.